The Morgan fingerprint density at radius 1 is 1.35 bits per heavy atom. The molecule has 5 nitrogen and oxygen atoms in total. The zero-order chi connectivity index (χ0) is 14.4. The van der Waals surface area contributed by atoms with Crippen LogP contribution in [0.5, 0.6) is 0 Å². The van der Waals surface area contributed by atoms with E-state index < -0.39 is 0 Å². The molecule has 0 fully saturated rings. The molecule has 20 heavy (non-hydrogen) atoms. The topological polar surface area (TPSA) is 52.8 Å². The smallest absolute Gasteiger partial charge is 0.152 e. The monoisotopic (exact) mass is 276 g/mol. The molecule has 0 amide bonds. The van der Waals surface area contributed by atoms with Crippen LogP contribution < -0.4 is 10.2 Å². The van der Waals surface area contributed by atoms with Crippen molar-refractivity contribution in [1.29, 1.82) is 0 Å². The average molecular weight is 276 g/mol. The first kappa shape index (κ1) is 14.8. The lowest BCUT2D eigenvalue weighted by Crippen LogP contribution is -2.29. The molecule has 2 aromatic heterocycles. The zero-order valence-corrected chi connectivity index (χ0v) is 12.3. The van der Waals surface area contributed by atoms with Crippen LogP contribution in [0.25, 0.3) is 5.65 Å². The molecule has 2 rings (SSSR count). The Bertz CT molecular complexity index is 538. The van der Waals surface area contributed by atoms with E-state index in [1.165, 1.54) is 0 Å². The first-order chi connectivity index (χ1) is 9.81. The number of pyridine rings is 1. The summed E-state index contributed by atoms with van der Waals surface area (Å²) in [6.07, 6.45) is 4.28. The minimum absolute atomic E-state index is 0.149. The van der Waals surface area contributed by atoms with E-state index in [4.69, 9.17) is 4.98 Å². The lowest BCUT2D eigenvalue weighted by atomic mass is 10.3. The van der Waals surface area contributed by atoms with E-state index in [2.05, 4.69) is 21.5 Å². The highest BCUT2D eigenvalue weighted by Gasteiger charge is 2.16. The van der Waals surface area contributed by atoms with Crippen molar-refractivity contribution in [3.05, 3.63) is 30.1 Å². The normalized spacial score (nSPS) is 11.2. The van der Waals surface area contributed by atoms with Crippen molar-refractivity contribution in [3.63, 3.8) is 0 Å². The van der Waals surface area contributed by atoms with E-state index in [0.717, 1.165) is 43.1 Å². The molecule has 5 heteroatoms. The van der Waals surface area contributed by atoms with Gasteiger partial charge in [0.1, 0.15) is 5.65 Å². The standard InChI is InChI=1S/C15H24N4O/c1-3-4-8-18(10-11-20)15-13(12-16-2)19-9-6-5-7-14(19)17-15/h5-7,9,16,20H,3-4,8,10-12H2,1-2H3. The molecule has 2 N–H and O–H groups in total. The van der Waals surface area contributed by atoms with Crippen molar-refractivity contribution in [2.24, 2.45) is 0 Å². The zero-order valence-electron chi connectivity index (χ0n) is 12.3. The fraction of sp³-hybridized carbons (Fsp3) is 0.533. The first-order valence-electron chi connectivity index (χ1n) is 7.28. The molecule has 2 heterocycles. The Hall–Kier alpha value is -1.59. The summed E-state index contributed by atoms with van der Waals surface area (Å²) in [5.41, 5.74) is 2.10. The molecule has 2 aromatic rings. The van der Waals surface area contributed by atoms with Crippen molar-refractivity contribution in [2.75, 3.05) is 31.6 Å². The van der Waals surface area contributed by atoms with Gasteiger partial charge in [-0.05, 0) is 25.6 Å². The second-order valence-electron chi connectivity index (χ2n) is 4.91. The molecular weight excluding hydrogens is 252 g/mol. The van der Waals surface area contributed by atoms with E-state index in [-0.39, 0.29) is 6.61 Å². The van der Waals surface area contributed by atoms with Crippen LogP contribution in [0, 0.1) is 0 Å². The van der Waals surface area contributed by atoms with Gasteiger partial charge in [-0.25, -0.2) is 4.98 Å². The summed E-state index contributed by atoms with van der Waals surface area (Å²) in [5, 5.41) is 12.5. The van der Waals surface area contributed by atoms with Crippen molar-refractivity contribution in [3.8, 4) is 0 Å². The summed E-state index contributed by atoms with van der Waals surface area (Å²) >= 11 is 0. The van der Waals surface area contributed by atoms with Gasteiger partial charge in [-0.2, -0.15) is 0 Å². The van der Waals surface area contributed by atoms with Crippen LogP contribution in [0.3, 0.4) is 0 Å². The van der Waals surface area contributed by atoms with Gasteiger partial charge >= 0.3 is 0 Å². The Morgan fingerprint density at radius 2 is 2.20 bits per heavy atom. The largest absolute Gasteiger partial charge is 0.395 e. The number of fused-ring (bicyclic) bond motifs is 1. The number of aliphatic hydroxyl groups excluding tert-OH is 1. The van der Waals surface area contributed by atoms with Crippen molar-refractivity contribution in [2.45, 2.75) is 26.3 Å². The van der Waals surface area contributed by atoms with Gasteiger partial charge in [0.25, 0.3) is 0 Å². The van der Waals surface area contributed by atoms with Gasteiger partial charge in [0.15, 0.2) is 5.82 Å². The fourth-order valence-electron chi connectivity index (χ4n) is 2.41. The third-order valence-corrected chi connectivity index (χ3v) is 3.40. The second kappa shape index (κ2) is 7.26. The Balaban J connectivity index is 2.40. The van der Waals surface area contributed by atoms with E-state index >= 15 is 0 Å². The number of nitrogens with one attached hydrogen (secondary N) is 1. The average Bonchev–Trinajstić information content (AvgIpc) is 2.83. The summed E-state index contributed by atoms with van der Waals surface area (Å²) in [4.78, 5) is 6.92. The molecule has 0 aliphatic carbocycles. The van der Waals surface area contributed by atoms with Crippen LogP contribution in [0.15, 0.2) is 24.4 Å². The SMILES string of the molecule is CCCCN(CCO)c1nc2ccccn2c1CNC. The van der Waals surface area contributed by atoms with Crippen LogP contribution in [0.2, 0.25) is 0 Å². The van der Waals surface area contributed by atoms with Gasteiger partial charge in [0.2, 0.25) is 0 Å². The Labute approximate surface area is 120 Å². The number of aliphatic hydroxyl groups is 1. The Morgan fingerprint density at radius 3 is 2.90 bits per heavy atom. The maximum Gasteiger partial charge on any atom is 0.152 e. The second-order valence-corrected chi connectivity index (χ2v) is 4.91. The van der Waals surface area contributed by atoms with E-state index in [0.29, 0.717) is 6.54 Å². The highest BCUT2D eigenvalue weighted by atomic mass is 16.3. The predicted molar refractivity (Wildman–Crippen MR) is 82.2 cm³/mol. The van der Waals surface area contributed by atoms with E-state index in [9.17, 15) is 5.11 Å². The minimum atomic E-state index is 0.149. The molecular formula is C15H24N4O. The third kappa shape index (κ3) is 3.11. The van der Waals surface area contributed by atoms with Crippen LogP contribution in [-0.4, -0.2) is 41.2 Å². The van der Waals surface area contributed by atoms with Crippen molar-refractivity contribution >= 4 is 11.5 Å². The number of nitrogens with zero attached hydrogens (tertiary/aromatic N) is 3. The first-order valence-corrected chi connectivity index (χ1v) is 7.28. The maximum absolute atomic E-state index is 9.30. The molecule has 0 spiro atoms. The van der Waals surface area contributed by atoms with Crippen molar-refractivity contribution in [1.82, 2.24) is 14.7 Å². The molecule has 0 aromatic carbocycles. The summed E-state index contributed by atoms with van der Waals surface area (Å²) in [5.74, 6) is 0.980. The Kier molecular flexibility index (Phi) is 5.38. The fourth-order valence-corrected chi connectivity index (χ4v) is 2.41. The number of hydrogen-bond acceptors (Lipinski definition) is 4. The molecule has 0 atom stereocenters. The molecule has 0 saturated heterocycles. The maximum atomic E-state index is 9.30. The van der Waals surface area contributed by atoms with Gasteiger partial charge in [-0.15, -0.1) is 0 Å². The molecule has 0 saturated carbocycles. The van der Waals surface area contributed by atoms with Crippen LogP contribution in [0.4, 0.5) is 5.82 Å². The van der Waals surface area contributed by atoms with Crippen LogP contribution in [0.1, 0.15) is 25.5 Å². The minimum Gasteiger partial charge on any atom is -0.395 e. The van der Waals surface area contributed by atoms with Gasteiger partial charge in [-0.1, -0.05) is 19.4 Å². The lowest BCUT2D eigenvalue weighted by molar-refractivity contribution is 0.301. The quantitative estimate of drug-likeness (QED) is 0.770. The number of hydrogen-bond donors (Lipinski definition) is 2. The van der Waals surface area contributed by atoms with Gasteiger partial charge < -0.3 is 19.7 Å². The summed E-state index contributed by atoms with van der Waals surface area (Å²) in [6, 6.07) is 6.03. The third-order valence-electron chi connectivity index (χ3n) is 3.40. The number of imidazole rings is 1. The number of unbranched alkanes of at least 4 members (excludes halogenated alkanes) is 1. The molecule has 0 aliphatic heterocycles. The van der Waals surface area contributed by atoms with Gasteiger partial charge in [0.05, 0.1) is 12.3 Å². The van der Waals surface area contributed by atoms with E-state index in [1.54, 1.807) is 0 Å². The number of rotatable bonds is 8. The molecule has 0 bridgehead atoms. The lowest BCUT2D eigenvalue weighted by Gasteiger charge is -2.22. The van der Waals surface area contributed by atoms with Crippen molar-refractivity contribution < 1.29 is 5.11 Å². The highest BCUT2D eigenvalue weighted by Crippen LogP contribution is 2.22. The number of anilines is 1. The van der Waals surface area contributed by atoms with Gasteiger partial charge in [-0.3, -0.25) is 0 Å². The molecule has 0 aliphatic rings. The van der Waals surface area contributed by atoms with Crippen LogP contribution >= 0.6 is 0 Å². The summed E-state index contributed by atoms with van der Waals surface area (Å²) < 4.78 is 2.11. The van der Waals surface area contributed by atoms with E-state index in [1.807, 2.05) is 31.4 Å². The summed E-state index contributed by atoms with van der Waals surface area (Å²) in [7, 11) is 1.94. The molecule has 110 valence electrons. The van der Waals surface area contributed by atoms with Crippen LogP contribution in [-0.2, 0) is 6.54 Å². The summed E-state index contributed by atoms with van der Waals surface area (Å²) in [6.45, 7) is 4.64. The highest BCUT2D eigenvalue weighted by molar-refractivity contribution is 5.56. The molecule has 0 unspecified atom stereocenters. The molecule has 0 radical (unpaired) electrons. The number of aromatic nitrogens is 2. The van der Waals surface area contributed by atoms with Gasteiger partial charge in [0, 0.05) is 25.8 Å². The predicted octanol–water partition coefficient (Wildman–Crippen LogP) is 1.65.